The number of carbonyl (C=O) groups is 1. The zero-order valence-corrected chi connectivity index (χ0v) is 13.2. The third kappa shape index (κ3) is 4.69. The molecule has 1 amide bonds. The molecule has 3 atom stereocenters. The van der Waals surface area contributed by atoms with Gasteiger partial charge in [-0.15, -0.1) is 0 Å². The Labute approximate surface area is 125 Å². The van der Waals surface area contributed by atoms with Crippen molar-refractivity contribution >= 4 is 17.5 Å². The van der Waals surface area contributed by atoms with Crippen molar-refractivity contribution < 1.29 is 9.53 Å². The van der Waals surface area contributed by atoms with Gasteiger partial charge in [0.25, 0.3) is 5.91 Å². The molecule has 1 rings (SSSR count). The van der Waals surface area contributed by atoms with Crippen LogP contribution in [0.1, 0.15) is 45.7 Å². The fraction of sp³-hybridized carbons (Fsp3) is 0.533. The number of rotatable bonds is 6. The number of nitrogens with one attached hydrogen (secondary N) is 1. The second kappa shape index (κ2) is 7.50. The van der Waals surface area contributed by atoms with Gasteiger partial charge in [-0.25, -0.2) is 0 Å². The highest BCUT2D eigenvalue weighted by atomic mass is 35.5. The third-order valence-corrected chi connectivity index (χ3v) is 3.45. The molecule has 0 bridgehead atoms. The summed E-state index contributed by atoms with van der Waals surface area (Å²) in [6.45, 7) is 7.55. The van der Waals surface area contributed by atoms with Gasteiger partial charge in [-0.3, -0.25) is 4.79 Å². The highest BCUT2D eigenvalue weighted by Crippen LogP contribution is 2.28. The maximum Gasteiger partial charge on any atom is 0.260 e. The molecule has 4 nitrogen and oxygen atoms in total. The van der Waals surface area contributed by atoms with E-state index >= 15 is 0 Å². The van der Waals surface area contributed by atoms with Crippen LogP contribution in [0.25, 0.3) is 0 Å². The fourth-order valence-corrected chi connectivity index (χ4v) is 1.84. The largest absolute Gasteiger partial charge is 0.479 e. The first-order chi connectivity index (χ1) is 9.35. The average molecular weight is 299 g/mol. The van der Waals surface area contributed by atoms with Crippen LogP contribution in [0, 0.1) is 0 Å². The van der Waals surface area contributed by atoms with Crippen LogP contribution in [-0.4, -0.2) is 18.1 Å². The van der Waals surface area contributed by atoms with Crippen LogP contribution in [0.4, 0.5) is 0 Å². The zero-order valence-electron chi connectivity index (χ0n) is 12.4. The normalized spacial score (nSPS) is 15.3. The fourth-order valence-electron chi connectivity index (χ4n) is 1.60. The molecule has 0 saturated carbocycles. The quantitative estimate of drug-likeness (QED) is 0.848. The Morgan fingerprint density at radius 3 is 2.55 bits per heavy atom. The van der Waals surface area contributed by atoms with Crippen LogP contribution < -0.4 is 15.8 Å². The Hall–Kier alpha value is -1.26. The van der Waals surface area contributed by atoms with Crippen molar-refractivity contribution in [3.8, 4) is 5.75 Å². The summed E-state index contributed by atoms with van der Waals surface area (Å²) in [5.74, 6) is 0.342. The number of halogens is 1. The van der Waals surface area contributed by atoms with Crippen LogP contribution in [0.2, 0.25) is 5.02 Å². The first kappa shape index (κ1) is 16.8. The summed E-state index contributed by atoms with van der Waals surface area (Å²) in [6, 6.07) is 5.40. The lowest BCUT2D eigenvalue weighted by Crippen LogP contribution is -2.41. The minimum Gasteiger partial charge on any atom is -0.479 e. The summed E-state index contributed by atoms with van der Waals surface area (Å²) >= 11 is 6.14. The molecule has 0 aromatic heterocycles. The standard InChI is InChI=1S/C15H23ClN2O2/c1-5-9(2)18-15(19)11(4)20-14-7-6-12(10(3)17)8-13(14)16/h6-11H,5,17H2,1-4H3,(H,18,19)/t9?,10-,11?/m1/s1. The summed E-state index contributed by atoms with van der Waals surface area (Å²) in [7, 11) is 0. The highest BCUT2D eigenvalue weighted by molar-refractivity contribution is 6.32. The van der Waals surface area contributed by atoms with Gasteiger partial charge in [0.05, 0.1) is 5.02 Å². The van der Waals surface area contributed by atoms with Crippen LogP contribution in [0.15, 0.2) is 18.2 Å². The lowest BCUT2D eigenvalue weighted by atomic mass is 10.1. The molecule has 2 unspecified atom stereocenters. The van der Waals surface area contributed by atoms with Gasteiger partial charge in [-0.1, -0.05) is 24.6 Å². The Balaban J connectivity index is 2.71. The van der Waals surface area contributed by atoms with Gasteiger partial charge in [0.1, 0.15) is 5.75 Å². The van der Waals surface area contributed by atoms with Gasteiger partial charge in [-0.2, -0.15) is 0 Å². The lowest BCUT2D eigenvalue weighted by molar-refractivity contribution is -0.127. The molecule has 0 radical (unpaired) electrons. The van der Waals surface area contributed by atoms with E-state index in [4.69, 9.17) is 22.1 Å². The van der Waals surface area contributed by atoms with Gasteiger partial charge in [-0.05, 0) is 44.9 Å². The second-order valence-corrected chi connectivity index (χ2v) is 5.46. The first-order valence-electron chi connectivity index (χ1n) is 6.87. The average Bonchev–Trinajstić information content (AvgIpc) is 2.40. The lowest BCUT2D eigenvalue weighted by Gasteiger charge is -2.19. The van der Waals surface area contributed by atoms with E-state index in [2.05, 4.69) is 5.32 Å². The van der Waals surface area contributed by atoms with Gasteiger partial charge < -0.3 is 15.8 Å². The van der Waals surface area contributed by atoms with E-state index in [-0.39, 0.29) is 18.0 Å². The molecule has 0 aliphatic heterocycles. The summed E-state index contributed by atoms with van der Waals surface area (Å²) < 4.78 is 5.60. The molecule has 3 N–H and O–H groups in total. The number of benzene rings is 1. The van der Waals surface area contributed by atoms with E-state index in [0.717, 1.165) is 12.0 Å². The van der Waals surface area contributed by atoms with Crippen LogP contribution in [0.3, 0.4) is 0 Å². The minimum absolute atomic E-state index is 0.0901. The number of amides is 1. The summed E-state index contributed by atoms with van der Waals surface area (Å²) in [6.07, 6.45) is 0.283. The molecule has 112 valence electrons. The summed E-state index contributed by atoms with van der Waals surface area (Å²) in [5.41, 5.74) is 6.72. The van der Waals surface area contributed by atoms with Crippen molar-refractivity contribution in [2.24, 2.45) is 5.73 Å². The minimum atomic E-state index is -0.595. The number of nitrogens with two attached hydrogens (primary N) is 1. The molecule has 0 aliphatic rings. The Kier molecular flexibility index (Phi) is 6.30. The summed E-state index contributed by atoms with van der Waals surface area (Å²) in [4.78, 5) is 11.9. The topological polar surface area (TPSA) is 64.3 Å². The monoisotopic (exact) mass is 298 g/mol. The molecule has 0 saturated heterocycles. The van der Waals surface area contributed by atoms with Crippen molar-refractivity contribution in [1.82, 2.24) is 5.32 Å². The van der Waals surface area contributed by atoms with E-state index in [9.17, 15) is 4.79 Å². The third-order valence-electron chi connectivity index (χ3n) is 3.16. The Bertz CT molecular complexity index is 463. The van der Waals surface area contributed by atoms with Crippen molar-refractivity contribution in [3.05, 3.63) is 28.8 Å². The Morgan fingerprint density at radius 2 is 2.05 bits per heavy atom. The molecule has 1 aromatic rings. The van der Waals surface area contributed by atoms with Crippen molar-refractivity contribution in [3.63, 3.8) is 0 Å². The highest BCUT2D eigenvalue weighted by Gasteiger charge is 2.17. The van der Waals surface area contributed by atoms with E-state index in [1.807, 2.05) is 26.8 Å². The molecular formula is C15H23ClN2O2. The molecule has 0 heterocycles. The van der Waals surface area contributed by atoms with Crippen LogP contribution in [0.5, 0.6) is 5.75 Å². The Morgan fingerprint density at radius 1 is 1.40 bits per heavy atom. The molecular weight excluding hydrogens is 276 g/mol. The van der Waals surface area contributed by atoms with Gasteiger partial charge >= 0.3 is 0 Å². The number of ether oxygens (including phenoxy) is 1. The molecule has 20 heavy (non-hydrogen) atoms. The van der Waals surface area contributed by atoms with Crippen molar-refractivity contribution in [1.29, 1.82) is 0 Å². The van der Waals surface area contributed by atoms with E-state index in [0.29, 0.717) is 10.8 Å². The molecule has 0 spiro atoms. The van der Waals surface area contributed by atoms with Crippen molar-refractivity contribution in [2.75, 3.05) is 0 Å². The zero-order chi connectivity index (χ0) is 15.3. The summed E-state index contributed by atoms with van der Waals surface area (Å²) in [5, 5.41) is 3.33. The molecule has 0 fully saturated rings. The second-order valence-electron chi connectivity index (χ2n) is 5.06. The maximum atomic E-state index is 11.9. The van der Waals surface area contributed by atoms with Crippen molar-refractivity contribution in [2.45, 2.75) is 52.3 Å². The SMILES string of the molecule is CCC(C)NC(=O)C(C)Oc1ccc([C@@H](C)N)cc1Cl. The van der Waals surface area contributed by atoms with Gasteiger partial charge in [0.2, 0.25) is 0 Å². The van der Waals surface area contributed by atoms with E-state index in [1.165, 1.54) is 0 Å². The smallest absolute Gasteiger partial charge is 0.260 e. The first-order valence-corrected chi connectivity index (χ1v) is 7.25. The predicted octanol–water partition coefficient (Wildman–Crippen LogP) is 3.04. The number of carbonyl (C=O) groups excluding carboxylic acids is 1. The molecule has 1 aromatic carbocycles. The maximum absolute atomic E-state index is 11.9. The number of hydrogen-bond donors (Lipinski definition) is 2. The van der Waals surface area contributed by atoms with E-state index in [1.54, 1.807) is 19.1 Å². The molecule has 5 heteroatoms. The number of hydrogen-bond acceptors (Lipinski definition) is 3. The van der Waals surface area contributed by atoms with Gasteiger partial charge in [0.15, 0.2) is 6.10 Å². The van der Waals surface area contributed by atoms with Crippen LogP contribution in [-0.2, 0) is 4.79 Å². The van der Waals surface area contributed by atoms with Gasteiger partial charge in [0, 0.05) is 12.1 Å². The van der Waals surface area contributed by atoms with E-state index < -0.39 is 6.10 Å². The molecule has 0 aliphatic carbocycles. The predicted molar refractivity (Wildman–Crippen MR) is 82.0 cm³/mol. The van der Waals surface area contributed by atoms with Crippen LogP contribution >= 0.6 is 11.6 Å².